The predicted octanol–water partition coefficient (Wildman–Crippen LogP) is 5.69. The van der Waals surface area contributed by atoms with E-state index in [0.29, 0.717) is 0 Å². The van der Waals surface area contributed by atoms with E-state index < -0.39 is 0 Å². The first-order chi connectivity index (χ1) is 7.49. The van der Waals surface area contributed by atoms with E-state index in [9.17, 15) is 0 Å². The van der Waals surface area contributed by atoms with Crippen molar-refractivity contribution in [3.8, 4) is 0 Å². The van der Waals surface area contributed by atoms with Crippen LogP contribution in [-0.2, 0) is 0 Å². The number of allylic oxidation sites excluding steroid dienone is 1. The quantitative estimate of drug-likeness (QED) is 0.441. The van der Waals surface area contributed by atoms with E-state index >= 15 is 0 Å². The van der Waals surface area contributed by atoms with Crippen LogP contribution in [0, 0.1) is 23.7 Å². The molecule has 0 aromatic heterocycles. The second-order valence-corrected chi connectivity index (χ2v) is 6.06. The molecule has 0 bridgehead atoms. The van der Waals surface area contributed by atoms with E-state index in [2.05, 4.69) is 47.3 Å². The van der Waals surface area contributed by atoms with Crippen LogP contribution < -0.4 is 0 Å². The third-order valence-corrected chi connectivity index (χ3v) is 3.68. The molecule has 0 heterocycles. The molecule has 0 saturated heterocycles. The molecule has 0 fully saturated rings. The van der Waals surface area contributed by atoms with Crippen molar-refractivity contribution in [2.75, 3.05) is 0 Å². The molecule has 0 aromatic rings. The Bertz CT molecular complexity index is 171. The Morgan fingerprint density at radius 3 is 1.69 bits per heavy atom. The zero-order chi connectivity index (χ0) is 12.6. The fraction of sp³-hybridized carbons (Fsp3) is 0.875. The normalized spacial score (nSPS) is 18.8. The molecule has 0 aliphatic rings. The Labute approximate surface area is 104 Å². The van der Waals surface area contributed by atoms with Gasteiger partial charge in [0.1, 0.15) is 0 Å². The molecule has 4 atom stereocenters. The van der Waals surface area contributed by atoms with Crippen LogP contribution in [0.5, 0.6) is 0 Å². The van der Waals surface area contributed by atoms with Crippen LogP contribution in [0.15, 0.2) is 12.7 Å². The van der Waals surface area contributed by atoms with Crippen molar-refractivity contribution in [1.29, 1.82) is 0 Å². The van der Waals surface area contributed by atoms with E-state index in [0.717, 1.165) is 23.7 Å². The van der Waals surface area contributed by atoms with Gasteiger partial charge in [-0.25, -0.2) is 0 Å². The minimum absolute atomic E-state index is 0.809. The van der Waals surface area contributed by atoms with Crippen molar-refractivity contribution in [2.24, 2.45) is 23.7 Å². The second-order valence-electron chi connectivity index (χ2n) is 6.06. The van der Waals surface area contributed by atoms with Gasteiger partial charge in [0.05, 0.1) is 0 Å². The molecule has 0 aliphatic heterocycles. The third kappa shape index (κ3) is 7.96. The predicted molar refractivity (Wildman–Crippen MR) is 75.6 cm³/mol. The summed E-state index contributed by atoms with van der Waals surface area (Å²) >= 11 is 0. The summed E-state index contributed by atoms with van der Waals surface area (Å²) in [5.74, 6) is 3.46. The van der Waals surface area contributed by atoms with E-state index in [-0.39, 0.29) is 0 Å². The average Bonchev–Trinajstić information content (AvgIpc) is 2.16. The molecule has 0 amide bonds. The summed E-state index contributed by atoms with van der Waals surface area (Å²) in [5, 5.41) is 0. The summed E-state index contributed by atoms with van der Waals surface area (Å²) in [6.45, 7) is 15.7. The van der Waals surface area contributed by atoms with Gasteiger partial charge in [0.25, 0.3) is 0 Å². The van der Waals surface area contributed by atoms with Gasteiger partial charge in [-0.15, -0.1) is 6.58 Å². The van der Waals surface area contributed by atoms with Crippen LogP contribution in [0.1, 0.15) is 66.7 Å². The number of hydrogen-bond donors (Lipinski definition) is 0. The first-order valence-electron chi connectivity index (χ1n) is 7.10. The van der Waals surface area contributed by atoms with Gasteiger partial charge >= 0.3 is 0 Å². The smallest absolute Gasteiger partial charge is 0.0327 e. The molecule has 0 spiro atoms. The summed E-state index contributed by atoms with van der Waals surface area (Å²) in [6.07, 6.45) is 8.70. The third-order valence-electron chi connectivity index (χ3n) is 3.68. The molecule has 0 aliphatic carbocycles. The lowest BCUT2D eigenvalue weighted by molar-refractivity contribution is 0.305. The standard InChI is InChI=1S/C16H32/c1-7-9-14(4)11-16(6)12-15(5)10-13(3)8-2/h7,13-16H,1,8-12H2,2-6H3. The topological polar surface area (TPSA) is 0 Å². The van der Waals surface area contributed by atoms with Crippen molar-refractivity contribution >= 4 is 0 Å². The van der Waals surface area contributed by atoms with Gasteiger partial charge in [0, 0.05) is 0 Å². The lowest BCUT2D eigenvalue weighted by Crippen LogP contribution is -2.10. The average molecular weight is 224 g/mol. The van der Waals surface area contributed by atoms with Crippen LogP contribution in [0.3, 0.4) is 0 Å². The lowest BCUT2D eigenvalue weighted by Gasteiger charge is -2.22. The highest BCUT2D eigenvalue weighted by atomic mass is 14.2. The first kappa shape index (κ1) is 15.7. The molecule has 0 saturated carbocycles. The van der Waals surface area contributed by atoms with Crippen molar-refractivity contribution in [1.82, 2.24) is 0 Å². The Kier molecular flexibility index (Phi) is 8.70. The summed E-state index contributed by atoms with van der Waals surface area (Å²) in [4.78, 5) is 0. The van der Waals surface area contributed by atoms with Crippen LogP contribution in [0.4, 0.5) is 0 Å². The zero-order valence-corrected chi connectivity index (χ0v) is 12.1. The minimum Gasteiger partial charge on any atom is -0.103 e. The van der Waals surface area contributed by atoms with Gasteiger partial charge in [0.15, 0.2) is 0 Å². The highest BCUT2D eigenvalue weighted by Crippen LogP contribution is 2.25. The Hall–Kier alpha value is -0.260. The van der Waals surface area contributed by atoms with Gasteiger partial charge in [-0.1, -0.05) is 47.1 Å². The SMILES string of the molecule is C=CCC(C)CC(C)CC(C)CC(C)CC. The van der Waals surface area contributed by atoms with E-state index in [1.165, 1.54) is 32.1 Å². The fourth-order valence-electron chi connectivity index (χ4n) is 2.80. The second kappa shape index (κ2) is 8.84. The van der Waals surface area contributed by atoms with Crippen LogP contribution in [-0.4, -0.2) is 0 Å². The largest absolute Gasteiger partial charge is 0.103 e. The van der Waals surface area contributed by atoms with Gasteiger partial charge in [-0.05, 0) is 49.4 Å². The van der Waals surface area contributed by atoms with Crippen molar-refractivity contribution in [2.45, 2.75) is 66.7 Å². The molecule has 0 radical (unpaired) electrons. The summed E-state index contributed by atoms with van der Waals surface area (Å²) in [7, 11) is 0. The molecule has 0 aromatic carbocycles. The van der Waals surface area contributed by atoms with Gasteiger partial charge in [-0.2, -0.15) is 0 Å². The number of hydrogen-bond acceptors (Lipinski definition) is 0. The van der Waals surface area contributed by atoms with Crippen LogP contribution in [0.2, 0.25) is 0 Å². The van der Waals surface area contributed by atoms with Crippen molar-refractivity contribution in [3.63, 3.8) is 0 Å². The van der Waals surface area contributed by atoms with Crippen LogP contribution >= 0.6 is 0 Å². The molecule has 0 N–H and O–H groups in total. The van der Waals surface area contributed by atoms with Crippen LogP contribution in [0.25, 0.3) is 0 Å². The first-order valence-corrected chi connectivity index (χ1v) is 7.10. The van der Waals surface area contributed by atoms with Gasteiger partial charge in [0.2, 0.25) is 0 Å². The fourth-order valence-corrected chi connectivity index (χ4v) is 2.80. The maximum atomic E-state index is 3.82. The minimum atomic E-state index is 0.809. The van der Waals surface area contributed by atoms with Gasteiger partial charge in [-0.3, -0.25) is 0 Å². The zero-order valence-electron chi connectivity index (χ0n) is 12.1. The molecular formula is C16H32. The summed E-state index contributed by atoms with van der Waals surface area (Å²) in [6, 6.07) is 0. The maximum absolute atomic E-state index is 3.82. The molecule has 0 heteroatoms. The van der Waals surface area contributed by atoms with E-state index in [1.807, 2.05) is 0 Å². The summed E-state index contributed by atoms with van der Waals surface area (Å²) in [5.41, 5.74) is 0. The van der Waals surface area contributed by atoms with Crippen molar-refractivity contribution < 1.29 is 0 Å². The highest BCUT2D eigenvalue weighted by Gasteiger charge is 2.13. The molecular weight excluding hydrogens is 192 g/mol. The maximum Gasteiger partial charge on any atom is -0.0327 e. The Morgan fingerprint density at radius 1 is 0.812 bits per heavy atom. The Morgan fingerprint density at radius 2 is 1.25 bits per heavy atom. The monoisotopic (exact) mass is 224 g/mol. The number of rotatable bonds is 9. The molecule has 16 heavy (non-hydrogen) atoms. The molecule has 0 rings (SSSR count). The molecule has 96 valence electrons. The molecule has 4 unspecified atom stereocenters. The highest BCUT2D eigenvalue weighted by molar-refractivity contribution is 4.73. The summed E-state index contributed by atoms with van der Waals surface area (Å²) < 4.78 is 0. The van der Waals surface area contributed by atoms with Gasteiger partial charge < -0.3 is 0 Å². The van der Waals surface area contributed by atoms with E-state index in [4.69, 9.17) is 0 Å². The lowest BCUT2D eigenvalue weighted by atomic mass is 9.84. The Balaban J connectivity index is 3.76. The molecule has 0 nitrogen and oxygen atoms in total. The van der Waals surface area contributed by atoms with Crippen molar-refractivity contribution in [3.05, 3.63) is 12.7 Å². The van der Waals surface area contributed by atoms with E-state index in [1.54, 1.807) is 0 Å².